The van der Waals surface area contributed by atoms with E-state index < -0.39 is 40.2 Å². The summed E-state index contributed by atoms with van der Waals surface area (Å²) < 4.78 is 44.5. The smallest absolute Gasteiger partial charge is 0.264 e. The zero-order valence-corrected chi connectivity index (χ0v) is 26.9. The van der Waals surface area contributed by atoms with Crippen LogP contribution < -0.4 is 9.62 Å². The lowest BCUT2D eigenvalue weighted by Gasteiger charge is -2.34. The summed E-state index contributed by atoms with van der Waals surface area (Å²) in [6.45, 7) is 6.60. The highest BCUT2D eigenvalue weighted by atomic mass is 32.2. The first-order valence-corrected chi connectivity index (χ1v) is 16.5. The average molecular weight is 630 g/mol. The summed E-state index contributed by atoms with van der Waals surface area (Å²) in [4.78, 5) is 29.7. The Hall–Kier alpha value is -4.50. The molecule has 0 bridgehead atoms. The summed E-state index contributed by atoms with van der Waals surface area (Å²) in [5.74, 6) is -1.57. The van der Waals surface area contributed by atoms with Crippen molar-refractivity contribution in [2.24, 2.45) is 0 Å². The number of halogens is 1. The topological polar surface area (TPSA) is 86.8 Å². The van der Waals surface area contributed by atoms with Crippen LogP contribution in [0.3, 0.4) is 0 Å². The highest BCUT2D eigenvalue weighted by molar-refractivity contribution is 7.92. The Balaban J connectivity index is 1.84. The van der Waals surface area contributed by atoms with E-state index in [0.717, 1.165) is 15.4 Å². The summed E-state index contributed by atoms with van der Waals surface area (Å²) in [7, 11) is -4.22. The van der Waals surface area contributed by atoms with Gasteiger partial charge < -0.3 is 10.2 Å². The van der Waals surface area contributed by atoms with Crippen LogP contribution in [-0.4, -0.2) is 43.8 Å². The number of hydrogen-bond acceptors (Lipinski definition) is 4. The van der Waals surface area contributed by atoms with Gasteiger partial charge in [0.1, 0.15) is 18.4 Å². The van der Waals surface area contributed by atoms with Crippen LogP contribution in [0.2, 0.25) is 0 Å². The molecule has 0 aliphatic heterocycles. The molecule has 2 amide bonds. The minimum Gasteiger partial charge on any atom is -0.352 e. The van der Waals surface area contributed by atoms with E-state index in [1.807, 2.05) is 57.2 Å². The molecule has 4 aromatic rings. The van der Waals surface area contributed by atoms with Gasteiger partial charge >= 0.3 is 0 Å². The quantitative estimate of drug-likeness (QED) is 0.191. The minimum atomic E-state index is -4.22. The Morgan fingerprint density at radius 3 is 2.13 bits per heavy atom. The number of carbonyl (C=O) groups is 2. The molecule has 236 valence electrons. The van der Waals surface area contributed by atoms with Gasteiger partial charge in [0, 0.05) is 24.6 Å². The number of benzene rings is 4. The number of sulfonamides is 1. The molecule has 0 unspecified atom stereocenters. The highest BCUT2D eigenvalue weighted by Gasteiger charge is 2.35. The summed E-state index contributed by atoms with van der Waals surface area (Å²) in [6.07, 6.45) is 0.818. The molecule has 7 nitrogen and oxygen atoms in total. The Morgan fingerprint density at radius 1 is 0.867 bits per heavy atom. The lowest BCUT2D eigenvalue weighted by atomic mass is 10.0. The third-order valence-electron chi connectivity index (χ3n) is 7.81. The number of nitrogens with zero attached hydrogens (tertiary/aromatic N) is 2. The molecular formula is C36H40FN3O4S. The highest BCUT2D eigenvalue weighted by Crippen LogP contribution is 2.29. The van der Waals surface area contributed by atoms with Gasteiger partial charge in [-0.15, -0.1) is 0 Å². The van der Waals surface area contributed by atoms with E-state index in [0.29, 0.717) is 17.7 Å². The zero-order chi connectivity index (χ0) is 32.6. The minimum absolute atomic E-state index is 0.0229. The second-order valence-electron chi connectivity index (χ2n) is 11.3. The molecule has 0 spiro atoms. The fraction of sp³-hybridized carbons (Fsp3) is 0.278. The molecule has 0 aliphatic rings. The van der Waals surface area contributed by atoms with Crippen LogP contribution in [0.25, 0.3) is 0 Å². The van der Waals surface area contributed by atoms with Gasteiger partial charge in [-0.1, -0.05) is 85.8 Å². The second-order valence-corrected chi connectivity index (χ2v) is 13.1. The summed E-state index contributed by atoms with van der Waals surface area (Å²) in [5.41, 5.74) is 2.83. The number of aryl methyl sites for hydroxylation is 2. The van der Waals surface area contributed by atoms with Crippen molar-refractivity contribution in [3.63, 3.8) is 0 Å². The van der Waals surface area contributed by atoms with Gasteiger partial charge in [0.15, 0.2) is 0 Å². The number of anilines is 1. The third-order valence-corrected chi connectivity index (χ3v) is 9.59. The van der Waals surface area contributed by atoms with E-state index in [-0.39, 0.29) is 29.5 Å². The van der Waals surface area contributed by atoms with Crippen LogP contribution in [0.4, 0.5) is 10.1 Å². The van der Waals surface area contributed by atoms with Gasteiger partial charge in [0.05, 0.1) is 10.6 Å². The van der Waals surface area contributed by atoms with Crippen molar-refractivity contribution in [2.45, 2.75) is 64.1 Å². The van der Waals surface area contributed by atoms with Crippen molar-refractivity contribution in [2.75, 3.05) is 10.8 Å². The summed E-state index contributed by atoms with van der Waals surface area (Å²) >= 11 is 0. The lowest BCUT2D eigenvalue weighted by molar-refractivity contribution is -0.140. The van der Waals surface area contributed by atoms with E-state index in [9.17, 15) is 18.0 Å². The number of nitrogens with one attached hydrogen (secondary N) is 1. The second kappa shape index (κ2) is 15.0. The van der Waals surface area contributed by atoms with Gasteiger partial charge in [-0.3, -0.25) is 13.9 Å². The summed E-state index contributed by atoms with van der Waals surface area (Å²) in [5, 5.41) is 2.98. The van der Waals surface area contributed by atoms with Crippen LogP contribution in [0.15, 0.2) is 108 Å². The van der Waals surface area contributed by atoms with Crippen LogP contribution in [-0.2, 0) is 32.6 Å². The molecule has 2 atom stereocenters. The molecule has 45 heavy (non-hydrogen) atoms. The first-order chi connectivity index (χ1) is 21.5. The van der Waals surface area contributed by atoms with Crippen LogP contribution in [0.1, 0.15) is 42.5 Å². The Kier molecular flexibility index (Phi) is 11.1. The van der Waals surface area contributed by atoms with Crippen molar-refractivity contribution < 1.29 is 22.4 Å². The molecule has 0 aliphatic carbocycles. The van der Waals surface area contributed by atoms with Gasteiger partial charge in [-0.25, -0.2) is 12.8 Å². The van der Waals surface area contributed by atoms with Crippen LogP contribution in [0, 0.1) is 19.7 Å². The SMILES string of the molecule is CC[C@H](C)NC(=O)[C@H](Cc1ccccc1)N(Cc1ccccc1F)C(=O)CN(c1cc(C)ccc1C)S(=O)(=O)c1ccccc1. The van der Waals surface area contributed by atoms with Crippen molar-refractivity contribution in [3.05, 3.63) is 131 Å². The standard InChI is InChI=1S/C36H40FN3O4S/c1-5-28(4)38-36(42)34(23-29-14-8-6-9-15-29)39(24-30-16-12-13-19-32(30)37)35(41)25-40(33-22-26(2)20-21-27(33)3)45(43,44)31-17-10-7-11-18-31/h6-22,28,34H,5,23-25H2,1-4H3,(H,38,42)/t28-,34-/m0/s1. The predicted molar refractivity (Wildman–Crippen MR) is 176 cm³/mol. The molecule has 0 aromatic heterocycles. The maximum atomic E-state index is 15.1. The van der Waals surface area contributed by atoms with Crippen molar-refractivity contribution in [3.8, 4) is 0 Å². The van der Waals surface area contributed by atoms with E-state index in [1.54, 1.807) is 55.5 Å². The van der Waals surface area contributed by atoms with E-state index in [1.165, 1.54) is 23.1 Å². The van der Waals surface area contributed by atoms with Crippen LogP contribution >= 0.6 is 0 Å². The number of amides is 2. The number of carbonyl (C=O) groups excluding carboxylic acids is 2. The third kappa shape index (κ3) is 8.36. The maximum absolute atomic E-state index is 15.1. The van der Waals surface area contributed by atoms with E-state index >= 15 is 4.39 Å². The summed E-state index contributed by atoms with van der Waals surface area (Å²) in [6, 6.07) is 27.4. The molecule has 4 aromatic carbocycles. The molecule has 0 fully saturated rings. The largest absolute Gasteiger partial charge is 0.352 e. The Morgan fingerprint density at radius 2 is 1.49 bits per heavy atom. The fourth-order valence-electron chi connectivity index (χ4n) is 5.03. The predicted octanol–water partition coefficient (Wildman–Crippen LogP) is 6.19. The number of hydrogen-bond donors (Lipinski definition) is 1. The average Bonchev–Trinajstić information content (AvgIpc) is 3.04. The van der Waals surface area contributed by atoms with Gasteiger partial charge in [0.25, 0.3) is 10.0 Å². The first kappa shape index (κ1) is 33.4. The lowest BCUT2D eigenvalue weighted by Crippen LogP contribution is -2.54. The monoisotopic (exact) mass is 629 g/mol. The first-order valence-electron chi connectivity index (χ1n) is 15.0. The normalized spacial score (nSPS) is 12.6. The molecule has 1 N–H and O–H groups in total. The molecular weight excluding hydrogens is 589 g/mol. The molecule has 0 saturated carbocycles. The van der Waals surface area contributed by atoms with Gasteiger partial charge in [-0.2, -0.15) is 0 Å². The fourth-order valence-corrected chi connectivity index (χ4v) is 6.52. The molecule has 0 radical (unpaired) electrons. The molecule has 0 saturated heterocycles. The Bertz CT molecular complexity index is 1720. The van der Waals surface area contributed by atoms with Crippen molar-refractivity contribution in [1.82, 2.24) is 10.2 Å². The maximum Gasteiger partial charge on any atom is 0.264 e. The van der Waals surface area contributed by atoms with Crippen molar-refractivity contribution in [1.29, 1.82) is 0 Å². The van der Waals surface area contributed by atoms with Gasteiger partial charge in [0.2, 0.25) is 11.8 Å². The van der Waals surface area contributed by atoms with E-state index in [2.05, 4.69) is 5.32 Å². The number of rotatable bonds is 13. The van der Waals surface area contributed by atoms with E-state index in [4.69, 9.17) is 0 Å². The Labute approximate surface area is 265 Å². The molecule has 9 heteroatoms. The van der Waals surface area contributed by atoms with Gasteiger partial charge in [-0.05, 0) is 68.1 Å². The van der Waals surface area contributed by atoms with Crippen LogP contribution in [0.5, 0.6) is 0 Å². The molecule has 4 rings (SSSR count). The van der Waals surface area contributed by atoms with Crippen molar-refractivity contribution >= 4 is 27.5 Å². The molecule has 0 heterocycles. The zero-order valence-electron chi connectivity index (χ0n) is 26.1.